The van der Waals surface area contributed by atoms with Gasteiger partial charge in [0.1, 0.15) is 0 Å². The molecule has 2 rings (SSSR count). The summed E-state index contributed by atoms with van der Waals surface area (Å²) < 4.78 is 61.3. The minimum Gasteiger partial charge on any atom is -0.356 e. The molecule has 0 radical (unpaired) electrons. The van der Waals surface area contributed by atoms with Gasteiger partial charge in [-0.1, -0.05) is 26.2 Å². The molecule has 0 aromatic carbocycles. The van der Waals surface area contributed by atoms with Crippen molar-refractivity contribution < 1.29 is 21.6 Å². The molecule has 0 spiro atoms. The number of alkyl halides is 3. The molecule has 0 aromatic heterocycles. The summed E-state index contributed by atoms with van der Waals surface area (Å²) in [6.45, 7) is 3.52. The van der Waals surface area contributed by atoms with Crippen LogP contribution in [0, 0.1) is 17.8 Å². The van der Waals surface area contributed by atoms with Gasteiger partial charge < -0.3 is 10.6 Å². The molecule has 1 aliphatic heterocycles. The van der Waals surface area contributed by atoms with Crippen molar-refractivity contribution >= 4 is 16.0 Å². The van der Waals surface area contributed by atoms with E-state index in [-0.39, 0.29) is 19.0 Å². The Morgan fingerprint density at radius 3 is 2.22 bits per heavy atom. The van der Waals surface area contributed by atoms with Crippen molar-refractivity contribution in [1.82, 2.24) is 14.9 Å². The van der Waals surface area contributed by atoms with Crippen LogP contribution < -0.4 is 10.6 Å². The quantitative estimate of drug-likeness (QED) is 0.538. The van der Waals surface area contributed by atoms with Gasteiger partial charge in [0.2, 0.25) is 0 Å². The molecule has 1 saturated heterocycles. The summed E-state index contributed by atoms with van der Waals surface area (Å²) in [5.41, 5.74) is -5.22. The lowest BCUT2D eigenvalue weighted by Crippen LogP contribution is -2.47. The summed E-state index contributed by atoms with van der Waals surface area (Å²) in [6, 6.07) is 0. The highest BCUT2D eigenvalue weighted by Crippen LogP contribution is 2.30. The second kappa shape index (κ2) is 9.45. The molecule has 1 heterocycles. The standard InChI is InChI=1S/C17H31F3N4O2S/c1-13-5-3-4-6-15(13)12-23-16(21-2)22-11-14-7-9-24(10-8-14)27(25,26)17(18,19)20/h13-15H,3-12H2,1-2H3,(H2,21,22,23). The number of hydrogen-bond acceptors (Lipinski definition) is 3. The Morgan fingerprint density at radius 2 is 1.67 bits per heavy atom. The molecule has 0 bridgehead atoms. The normalized spacial score (nSPS) is 26.8. The highest BCUT2D eigenvalue weighted by atomic mass is 32.2. The van der Waals surface area contributed by atoms with E-state index >= 15 is 0 Å². The highest BCUT2D eigenvalue weighted by molar-refractivity contribution is 7.90. The molecule has 0 amide bonds. The third-order valence-electron chi connectivity index (χ3n) is 5.81. The fourth-order valence-electron chi connectivity index (χ4n) is 3.89. The van der Waals surface area contributed by atoms with Crippen molar-refractivity contribution in [3.05, 3.63) is 0 Å². The Morgan fingerprint density at radius 1 is 1.07 bits per heavy atom. The lowest BCUT2D eigenvalue weighted by Gasteiger charge is -2.32. The second-order valence-electron chi connectivity index (χ2n) is 7.65. The van der Waals surface area contributed by atoms with Gasteiger partial charge in [0.25, 0.3) is 0 Å². The average Bonchev–Trinajstić information content (AvgIpc) is 2.62. The molecule has 1 saturated carbocycles. The number of nitrogens with zero attached hydrogens (tertiary/aromatic N) is 2. The predicted molar refractivity (Wildman–Crippen MR) is 99.8 cm³/mol. The van der Waals surface area contributed by atoms with Gasteiger partial charge >= 0.3 is 15.5 Å². The van der Waals surface area contributed by atoms with Crippen molar-refractivity contribution in [3.63, 3.8) is 0 Å². The molecular weight excluding hydrogens is 381 g/mol. The molecule has 2 N–H and O–H groups in total. The summed E-state index contributed by atoms with van der Waals surface area (Å²) in [7, 11) is -3.52. The van der Waals surface area contributed by atoms with Gasteiger partial charge in [-0.15, -0.1) is 0 Å². The van der Waals surface area contributed by atoms with Gasteiger partial charge in [-0.2, -0.15) is 17.5 Å². The highest BCUT2D eigenvalue weighted by Gasteiger charge is 2.50. The van der Waals surface area contributed by atoms with Crippen LogP contribution in [0.15, 0.2) is 4.99 Å². The van der Waals surface area contributed by atoms with Gasteiger partial charge in [0, 0.05) is 33.2 Å². The van der Waals surface area contributed by atoms with Crippen molar-refractivity contribution in [2.75, 3.05) is 33.2 Å². The Bertz CT molecular complexity index is 602. The van der Waals surface area contributed by atoms with E-state index in [2.05, 4.69) is 22.5 Å². The number of rotatable bonds is 5. The van der Waals surface area contributed by atoms with Crippen LogP contribution in [0.4, 0.5) is 13.2 Å². The predicted octanol–water partition coefficient (Wildman–Crippen LogP) is 2.54. The maximum atomic E-state index is 12.6. The van der Waals surface area contributed by atoms with Crippen LogP contribution in [-0.4, -0.2) is 57.4 Å². The number of aliphatic imine (C=N–C) groups is 1. The Balaban J connectivity index is 1.73. The van der Waals surface area contributed by atoms with Crippen LogP contribution in [0.3, 0.4) is 0 Å². The molecule has 0 aromatic rings. The molecule has 2 unspecified atom stereocenters. The molecular formula is C17H31F3N4O2S. The van der Waals surface area contributed by atoms with E-state index in [9.17, 15) is 21.6 Å². The smallest absolute Gasteiger partial charge is 0.356 e. The van der Waals surface area contributed by atoms with Gasteiger partial charge in [-0.3, -0.25) is 4.99 Å². The molecule has 6 nitrogen and oxygen atoms in total. The number of piperidine rings is 1. The van der Waals surface area contributed by atoms with E-state index in [0.29, 0.717) is 41.5 Å². The monoisotopic (exact) mass is 412 g/mol. The number of guanidine groups is 1. The van der Waals surface area contributed by atoms with Crippen LogP contribution in [0.25, 0.3) is 0 Å². The SMILES string of the molecule is CN=C(NCC1CCN(S(=O)(=O)C(F)(F)F)CC1)NCC1CCCCC1C. The summed E-state index contributed by atoms with van der Waals surface area (Å²) in [4.78, 5) is 4.21. The maximum absolute atomic E-state index is 12.6. The molecule has 2 fully saturated rings. The summed E-state index contributed by atoms with van der Waals surface area (Å²) >= 11 is 0. The summed E-state index contributed by atoms with van der Waals surface area (Å²) in [5.74, 6) is 2.15. The zero-order valence-electron chi connectivity index (χ0n) is 16.1. The lowest BCUT2D eigenvalue weighted by molar-refractivity contribution is -0.0496. The van der Waals surface area contributed by atoms with Crippen LogP contribution in [0.5, 0.6) is 0 Å². The topological polar surface area (TPSA) is 73.8 Å². The van der Waals surface area contributed by atoms with E-state index in [1.54, 1.807) is 7.05 Å². The molecule has 27 heavy (non-hydrogen) atoms. The number of nitrogens with one attached hydrogen (secondary N) is 2. The third-order valence-corrected chi connectivity index (χ3v) is 7.44. The second-order valence-corrected chi connectivity index (χ2v) is 9.58. The number of hydrogen-bond donors (Lipinski definition) is 2. The van der Waals surface area contributed by atoms with Crippen molar-refractivity contribution in [2.45, 2.75) is 51.0 Å². The third kappa shape index (κ3) is 5.97. The first-order valence-electron chi connectivity index (χ1n) is 9.66. The minimum atomic E-state index is -5.22. The molecule has 2 atom stereocenters. The van der Waals surface area contributed by atoms with Gasteiger partial charge in [0.15, 0.2) is 5.96 Å². The Hall–Kier alpha value is -1.03. The summed E-state index contributed by atoms with van der Waals surface area (Å²) in [5, 5.41) is 6.57. The van der Waals surface area contributed by atoms with Gasteiger partial charge in [-0.05, 0) is 37.0 Å². The van der Waals surface area contributed by atoms with Gasteiger partial charge in [-0.25, -0.2) is 8.42 Å². The zero-order chi connectivity index (χ0) is 20.1. The van der Waals surface area contributed by atoms with Crippen LogP contribution in [-0.2, 0) is 10.0 Å². The van der Waals surface area contributed by atoms with E-state index in [0.717, 1.165) is 6.54 Å². The van der Waals surface area contributed by atoms with Crippen LogP contribution in [0.2, 0.25) is 0 Å². The molecule has 158 valence electrons. The van der Waals surface area contributed by atoms with Crippen LogP contribution >= 0.6 is 0 Å². The molecule has 1 aliphatic carbocycles. The first-order valence-corrected chi connectivity index (χ1v) is 11.1. The fraction of sp³-hybridized carbons (Fsp3) is 0.941. The number of halogens is 3. The summed E-state index contributed by atoms with van der Waals surface area (Å²) in [6.07, 6.45) is 5.85. The van der Waals surface area contributed by atoms with E-state index in [4.69, 9.17) is 0 Å². The van der Waals surface area contributed by atoms with Crippen molar-refractivity contribution in [2.24, 2.45) is 22.7 Å². The Kier molecular flexibility index (Phi) is 7.79. The maximum Gasteiger partial charge on any atom is 0.511 e. The average molecular weight is 413 g/mol. The van der Waals surface area contributed by atoms with E-state index in [1.807, 2.05) is 0 Å². The molecule has 2 aliphatic rings. The minimum absolute atomic E-state index is 0.0974. The number of sulfonamides is 1. The van der Waals surface area contributed by atoms with Gasteiger partial charge in [0.05, 0.1) is 0 Å². The Labute approximate surface area is 160 Å². The first kappa shape index (κ1) is 22.3. The first-order chi connectivity index (χ1) is 12.6. The zero-order valence-corrected chi connectivity index (χ0v) is 16.9. The largest absolute Gasteiger partial charge is 0.511 e. The van der Waals surface area contributed by atoms with E-state index < -0.39 is 15.5 Å². The fourth-order valence-corrected chi connectivity index (χ4v) is 4.87. The van der Waals surface area contributed by atoms with Crippen LogP contribution in [0.1, 0.15) is 45.4 Å². The molecule has 10 heteroatoms. The van der Waals surface area contributed by atoms with Crippen molar-refractivity contribution in [3.8, 4) is 0 Å². The van der Waals surface area contributed by atoms with E-state index in [1.165, 1.54) is 25.7 Å². The van der Waals surface area contributed by atoms with Crippen molar-refractivity contribution in [1.29, 1.82) is 0 Å². The lowest BCUT2D eigenvalue weighted by atomic mass is 9.80.